The number of carbonyl (C=O) groups excluding carboxylic acids is 1. The molecule has 1 aliphatic carbocycles. The Morgan fingerprint density at radius 1 is 1.19 bits per heavy atom. The molecule has 0 aromatic heterocycles. The smallest absolute Gasteiger partial charge is 0.328 e. The summed E-state index contributed by atoms with van der Waals surface area (Å²) in [4.78, 5) is 12.7. The number of hydrogen-bond donors (Lipinski definition) is 1. The van der Waals surface area contributed by atoms with Crippen molar-refractivity contribution in [3.8, 4) is 11.5 Å². The van der Waals surface area contributed by atoms with Gasteiger partial charge in [-0.25, -0.2) is 13.2 Å². The Bertz CT molecular complexity index is 991. The van der Waals surface area contributed by atoms with E-state index >= 15 is 0 Å². The predicted molar refractivity (Wildman–Crippen MR) is 96.3 cm³/mol. The van der Waals surface area contributed by atoms with Crippen LogP contribution in [0, 0.1) is 0 Å². The van der Waals surface area contributed by atoms with Crippen molar-refractivity contribution in [1.82, 2.24) is 0 Å². The van der Waals surface area contributed by atoms with Gasteiger partial charge in [0.1, 0.15) is 10.8 Å². The molecule has 0 amide bonds. The lowest BCUT2D eigenvalue weighted by molar-refractivity contribution is -0.145. The maximum absolute atomic E-state index is 13.2. The van der Waals surface area contributed by atoms with E-state index in [1.54, 1.807) is 43.3 Å². The van der Waals surface area contributed by atoms with E-state index in [4.69, 9.17) is 19.9 Å². The molecule has 0 radical (unpaired) electrons. The Balaban J connectivity index is 1.78. The second kappa shape index (κ2) is 6.24. The van der Waals surface area contributed by atoms with Crippen molar-refractivity contribution in [3.05, 3.63) is 54.1 Å². The summed E-state index contributed by atoms with van der Waals surface area (Å²) in [5.41, 5.74) is 5.28. The molecular formula is C19H19NO6S. The highest BCUT2D eigenvalue weighted by atomic mass is 32.2. The van der Waals surface area contributed by atoms with Crippen molar-refractivity contribution in [2.24, 2.45) is 5.73 Å². The summed E-state index contributed by atoms with van der Waals surface area (Å²) >= 11 is 0. The van der Waals surface area contributed by atoms with Crippen LogP contribution in [0.2, 0.25) is 0 Å². The van der Waals surface area contributed by atoms with Crippen LogP contribution >= 0.6 is 0 Å². The molecular weight excluding hydrogens is 370 g/mol. The minimum atomic E-state index is -3.85. The summed E-state index contributed by atoms with van der Waals surface area (Å²) in [6.45, 7) is 1.87. The number of hydrogen-bond acceptors (Lipinski definition) is 7. The van der Waals surface area contributed by atoms with Crippen LogP contribution in [0.1, 0.15) is 18.4 Å². The fraction of sp³-hybridized carbons (Fsp3) is 0.316. The maximum Gasteiger partial charge on any atom is 0.328 e. The lowest BCUT2D eigenvalue weighted by Gasteiger charge is -2.11. The number of esters is 1. The fourth-order valence-electron chi connectivity index (χ4n) is 3.62. The van der Waals surface area contributed by atoms with Gasteiger partial charge < -0.3 is 19.9 Å². The SMILES string of the molecule is CCOC(=O)[C@]1(N)[C@H](c2ccc3c(c2)OCO3)[C@@H]1S(=O)(=O)c1ccccc1. The fourth-order valence-corrected chi connectivity index (χ4v) is 5.87. The van der Waals surface area contributed by atoms with E-state index in [0.717, 1.165) is 0 Å². The van der Waals surface area contributed by atoms with Crippen molar-refractivity contribution >= 4 is 15.8 Å². The van der Waals surface area contributed by atoms with Crippen molar-refractivity contribution in [2.45, 2.75) is 28.5 Å². The molecule has 1 aliphatic heterocycles. The molecule has 7 nitrogen and oxygen atoms in total. The molecule has 2 aliphatic rings. The van der Waals surface area contributed by atoms with E-state index in [9.17, 15) is 13.2 Å². The molecule has 2 aromatic rings. The van der Waals surface area contributed by atoms with E-state index in [0.29, 0.717) is 17.1 Å². The maximum atomic E-state index is 13.2. The molecule has 2 aromatic carbocycles. The quantitative estimate of drug-likeness (QED) is 0.775. The second-order valence-electron chi connectivity index (χ2n) is 6.52. The first-order valence-corrected chi connectivity index (χ1v) is 10.1. The van der Waals surface area contributed by atoms with Gasteiger partial charge in [-0.3, -0.25) is 0 Å². The molecule has 1 fully saturated rings. The highest BCUT2D eigenvalue weighted by Crippen LogP contribution is 2.57. The van der Waals surface area contributed by atoms with Crippen LogP contribution in [0.3, 0.4) is 0 Å². The minimum Gasteiger partial charge on any atom is -0.465 e. The molecule has 1 saturated carbocycles. The third kappa shape index (κ3) is 2.67. The van der Waals surface area contributed by atoms with Crippen LogP contribution in [0.25, 0.3) is 0 Å². The Labute approximate surface area is 156 Å². The van der Waals surface area contributed by atoms with E-state index in [2.05, 4.69) is 0 Å². The minimum absolute atomic E-state index is 0.0981. The summed E-state index contributed by atoms with van der Waals surface area (Å²) in [7, 11) is -3.85. The van der Waals surface area contributed by atoms with Crippen molar-refractivity contribution in [2.75, 3.05) is 13.4 Å². The van der Waals surface area contributed by atoms with Crippen LogP contribution in [0.5, 0.6) is 11.5 Å². The zero-order valence-corrected chi connectivity index (χ0v) is 15.4. The van der Waals surface area contributed by atoms with Gasteiger partial charge in [-0.15, -0.1) is 0 Å². The van der Waals surface area contributed by atoms with Gasteiger partial charge in [-0.1, -0.05) is 24.3 Å². The number of ether oxygens (including phenoxy) is 3. The van der Waals surface area contributed by atoms with E-state index in [1.165, 1.54) is 12.1 Å². The molecule has 0 bridgehead atoms. The monoisotopic (exact) mass is 389 g/mol. The summed E-state index contributed by atoms with van der Waals surface area (Å²) in [5, 5.41) is -1.12. The largest absolute Gasteiger partial charge is 0.465 e. The first kappa shape index (κ1) is 17.8. The van der Waals surface area contributed by atoms with E-state index in [1.807, 2.05) is 0 Å². The number of fused-ring (bicyclic) bond motifs is 1. The topological polar surface area (TPSA) is 105 Å². The summed E-state index contributed by atoms with van der Waals surface area (Å²) < 4.78 is 42.1. The van der Waals surface area contributed by atoms with Crippen molar-refractivity contribution in [3.63, 3.8) is 0 Å². The predicted octanol–water partition coefficient (Wildman–Crippen LogP) is 1.62. The van der Waals surface area contributed by atoms with Gasteiger partial charge in [0.2, 0.25) is 6.79 Å². The Hall–Kier alpha value is -2.58. The van der Waals surface area contributed by atoms with Gasteiger partial charge in [-0.2, -0.15) is 0 Å². The molecule has 1 heterocycles. The number of nitrogens with two attached hydrogens (primary N) is 1. The highest BCUT2D eigenvalue weighted by Gasteiger charge is 2.74. The van der Waals surface area contributed by atoms with Gasteiger partial charge in [0.15, 0.2) is 21.3 Å². The zero-order valence-electron chi connectivity index (χ0n) is 14.6. The molecule has 27 heavy (non-hydrogen) atoms. The second-order valence-corrected chi connectivity index (χ2v) is 8.59. The molecule has 4 rings (SSSR count). The first-order valence-electron chi connectivity index (χ1n) is 8.55. The molecule has 0 unspecified atom stereocenters. The van der Waals surface area contributed by atoms with Crippen LogP contribution in [-0.2, 0) is 19.4 Å². The summed E-state index contributed by atoms with van der Waals surface area (Å²) in [6, 6.07) is 13.1. The van der Waals surface area contributed by atoms with Crippen LogP contribution < -0.4 is 15.2 Å². The highest BCUT2D eigenvalue weighted by molar-refractivity contribution is 7.92. The average molecular weight is 389 g/mol. The van der Waals surface area contributed by atoms with Crippen molar-refractivity contribution in [1.29, 1.82) is 0 Å². The number of carbonyl (C=O) groups is 1. The number of rotatable bonds is 5. The van der Waals surface area contributed by atoms with Crippen LogP contribution in [0.15, 0.2) is 53.4 Å². The lowest BCUT2D eigenvalue weighted by Crippen LogP contribution is -2.41. The van der Waals surface area contributed by atoms with Gasteiger partial charge in [0.05, 0.1) is 11.5 Å². The Morgan fingerprint density at radius 3 is 2.59 bits per heavy atom. The standard InChI is InChI=1S/C19H19NO6S/c1-2-24-18(21)19(20)16(12-8-9-14-15(10-12)26-11-25-14)17(19)27(22,23)13-6-4-3-5-7-13/h3-10,16-17H,2,11,20H2,1H3/t16-,17+,19+/m1/s1. The van der Waals surface area contributed by atoms with Crippen LogP contribution in [-0.4, -0.2) is 38.6 Å². The van der Waals surface area contributed by atoms with E-state index < -0.39 is 32.5 Å². The normalized spacial score (nSPS) is 25.9. The molecule has 2 N–H and O–H groups in total. The Kier molecular flexibility index (Phi) is 4.12. The lowest BCUT2D eigenvalue weighted by atomic mass is 10.1. The third-order valence-corrected chi connectivity index (χ3v) is 7.23. The molecule has 142 valence electrons. The average Bonchev–Trinajstić information content (AvgIpc) is 3.08. The zero-order chi connectivity index (χ0) is 19.2. The summed E-state index contributed by atoms with van der Waals surface area (Å²) in [6.07, 6.45) is 0. The van der Waals surface area contributed by atoms with E-state index in [-0.39, 0.29) is 18.3 Å². The van der Waals surface area contributed by atoms with Gasteiger partial charge >= 0.3 is 5.97 Å². The van der Waals surface area contributed by atoms with Crippen LogP contribution in [0.4, 0.5) is 0 Å². The number of sulfone groups is 1. The first-order chi connectivity index (χ1) is 12.9. The molecule has 3 atom stereocenters. The summed E-state index contributed by atoms with van der Waals surface area (Å²) in [5.74, 6) is -0.393. The van der Waals surface area contributed by atoms with Gasteiger partial charge in [0, 0.05) is 5.92 Å². The van der Waals surface area contributed by atoms with Crippen molar-refractivity contribution < 1.29 is 27.4 Å². The number of benzene rings is 2. The Morgan fingerprint density at radius 2 is 1.89 bits per heavy atom. The van der Waals surface area contributed by atoms with Gasteiger partial charge in [-0.05, 0) is 36.8 Å². The molecule has 0 spiro atoms. The van der Waals surface area contributed by atoms with Gasteiger partial charge in [0.25, 0.3) is 0 Å². The molecule has 0 saturated heterocycles. The molecule has 8 heteroatoms. The third-order valence-electron chi connectivity index (χ3n) is 4.97.